The van der Waals surface area contributed by atoms with E-state index in [4.69, 9.17) is 0 Å². The first-order chi connectivity index (χ1) is 12.5. The van der Waals surface area contributed by atoms with Crippen LogP contribution in [0, 0.1) is 20.8 Å². The second-order valence-corrected chi connectivity index (χ2v) is 6.52. The predicted octanol–water partition coefficient (Wildman–Crippen LogP) is 4.68. The Morgan fingerprint density at radius 2 is 1.65 bits per heavy atom. The van der Waals surface area contributed by atoms with Crippen molar-refractivity contribution in [3.05, 3.63) is 88.7 Å². The number of amides is 1. The molecule has 132 valence electrons. The molecule has 1 heterocycles. The number of hydrogen-bond acceptors (Lipinski definition) is 3. The molecule has 0 bridgehead atoms. The van der Waals surface area contributed by atoms with Gasteiger partial charge in [0.05, 0.1) is 17.4 Å². The molecule has 2 aromatic carbocycles. The number of hydrogen-bond donors (Lipinski definition) is 2. The second-order valence-electron chi connectivity index (χ2n) is 6.52. The molecule has 26 heavy (non-hydrogen) atoms. The van der Waals surface area contributed by atoms with Crippen LogP contribution in [0.5, 0.6) is 0 Å². The average Bonchev–Trinajstić information content (AvgIpc) is 2.64. The Morgan fingerprint density at radius 1 is 0.962 bits per heavy atom. The molecule has 0 unspecified atom stereocenters. The molecule has 0 fully saturated rings. The third-order valence-electron chi connectivity index (χ3n) is 4.32. The standard InChI is InChI=1S/C22H23N3O/c1-15-7-9-18(10-8-15)12-24-22(26)19-11-20(14-23-13-19)25-21-16(2)5-4-6-17(21)3/h4-11,13-14,25H,12H2,1-3H3,(H,24,26). The van der Waals surface area contributed by atoms with Gasteiger partial charge in [0.1, 0.15) is 0 Å². The van der Waals surface area contributed by atoms with E-state index in [1.807, 2.05) is 43.3 Å². The highest BCUT2D eigenvalue weighted by atomic mass is 16.1. The van der Waals surface area contributed by atoms with Crippen LogP contribution in [0.1, 0.15) is 32.6 Å². The quantitative estimate of drug-likeness (QED) is 0.706. The summed E-state index contributed by atoms with van der Waals surface area (Å²) in [5, 5.41) is 6.32. The molecule has 0 atom stereocenters. The maximum Gasteiger partial charge on any atom is 0.253 e. The van der Waals surface area contributed by atoms with E-state index in [0.29, 0.717) is 12.1 Å². The van der Waals surface area contributed by atoms with E-state index in [9.17, 15) is 4.79 Å². The van der Waals surface area contributed by atoms with Gasteiger partial charge in [-0.15, -0.1) is 0 Å². The van der Waals surface area contributed by atoms with Gasteiger partial charge in [0.2, 0.25) is 0 Å². The van der Waals surface area contributed by atoms with Crippen LogP contribution >= 0.6 is 0 Å². The minimum atomic E-state index is -0.136. The lowest BCUT2D eigenvalue weighted by Crippen LogP contribution is -2.23. The highest BCUT2D eigenvalue weighted by Gasteiger charge is 2.08. The van der Waals surface area contributed by atoms with Gasteiger partial charge in [0, 0.05) is 18.4 Å². The van der Waals surface area contributed by atoms with Crippen LogP contribution in [-0.4, -0.2) is 10.9 Å². The first kappa shape index (κ1) is 17.7. The molecule has 0 aliphatic heterocycles. The van der Waals surface area contributed by atoms with Crippen LogP contribution in [0.15, 0.2) is 60.9 Å². The van der Waals surface area contributed by atoms with Crippen molar-refractivity contribution in [3.63, 3.8) is 0 Å². The minimum absolute atomic E-state index is 0.136. The molecule has 1 aromatic heterocycles. The Morgan fingerprint density at radius 3 is 2.35 bits per heavy atom. The molecule has 4 nitrogen and oxygen atoms in total. The third kappa shape index (κ3) is 4.28. The fourth-order valence-electron chi connectivity index (χ4n) is 2.78. The van der Waals surface area contributed by atoms with Crippen LogP contribution in [0.4, 0.5) is 11.4 Å². The molecular formula is C22H23N3O. The van der Waals surface area contributed by atoms with E-state index in [0.717, 1.165) is 28.1 Å². The molecule has 0 radical (unpaired) electrons. The smallest absolute Gasteiger partial charge is 0.253 e. The number of aryl methyl sites for hydroxylation is 3. The van der Waals surface area contributed by atoms with Crippen LogP contribution in [-0.2, 0) is 6.54 Å². The van der Waals surface area contributed by atoms with Gasteiger partial charge in [-0.25, -0.2) is 0 Å². The van der Waals surface area contributed by atoms with E-state index in [1.165, 1.54) is 5.56 Å². The molecule has 0 aliphatic rings. The summed E-state index contributed by atoms with van der Waals surface area (Å²) in [4.78, 5) is 16.6. The van der Waals surface area contributed by atoms with Gasteiger partial charge >= 0.3 is 0 Å². The Kier molecular flexibility index (Phi) is 5.32. The van der Waals surface area contributed by atoms with Crippen molar-refractivity contribution in [2.45, 2.75) is 27.3 Å². The van der Waals surface area contributed by atoms with Gasteiger partial charge in [-0.05, 0) is 43.5 Å². The summed E-state index contributed by atoms with van der Waals surface area (Å²) in [5.41, 5.74) is 6.96. The van der Waals surface area contributed by atoms with Gasteiger partial charge in [-0.3, -0.25) is 9.78 Å². The van der Waals surface area contributed by atoms with Crippen molar-refractivity contribution < 1.29 is 4.79 Å². The van der Waals surface area contributed by atoms with Crippen molar-refractivity contribution in [1.82, 2.24) is 10.3 Å². The van der Waals surface area contributed by atoms with Gasteiger partial charge in [0.15, 0.2) is 0 Å². The number of pyridine rings is 1. The number of benzene rings is 2. The molecule has 1 amide bonds. The van der Waals surface area contributed by atoms with Gasteiger partial charge in [-0.2, -0.15) is 0 Å². The highest BCUT2D eigenvalue weighted by Crippen LogP contribution is 2.24. The van der Waals surface area contributed by atoms with Crippen molar-refractivity contribution in [2.24, 2.45) is 0 Å². The zero-order valence-electron chi connectivity index (χ0n) is 15.3. The average molecular weight is 345 g/mol. The molecule has 3 aromatic rings. The maximum absolute atomic E-state index is 12.4. The summed E-state index contributed by atoms with van der Waals surface area (Å²) in [6.07, 6.45) is 3.31. The van der Waals surface area contributed by atoms with E-state index < -0.39 is 0 Å². The Hall–Kier alpha value is -3.14. The molecule has 4 heteroatoms. The van der Waals surface area contributed by atoms with E-state index in [1.54, 1.807) is 12.4 Å². The summed E-state index contributed by atoms with van der Waals surface area (Å²) in [6.45, 7) is 6.65. The molecule has 3 rings (SSSR count). The maximum atomic E-state index is 12.4. The zero-order chi connectivity index (χ0) is 18.5. The second kappa shape index (κ2) is 7.83. The summed E-state index contributed by atoms with van der Waals surface area (Å²) in [5.74, 6) is -0.136. The van der Waals surface area contributed by atoms with Gasteiger partial charge < -0.3 is 10.6 Å². The van der Waals surface area contributed by atoms with Crippen molar-refractivity contribution >= 4 is 17.3 Å². The molecule has 0 saturated heterocycles. The monoisotopic (exact) mass is 345 g/mol. The zero-order valence-corrected chi connectivity index (χ0v) is 15.3. The normalized spacial score (nSPS) is 10.4. The lowest BCUT2D eigenvalue weighted by atomic mass is 10.1. The predicted molar refractivity (Wildman–Crippen MR) is 106 cm³/mol. The third-order valence-corrected chi connectivity index (χ3v) is 4.32. The van der Waals surface area contributed by atoms with Crippen LogP contribution in [0.25, 0.3) is 0 Å². The highest BCUT2D eigenvalue weighted by molar-refractivity contribution is 5.94. The summed E-state index contributed by atoms with van der Waals surface area (Å²) < 4.78 is 0. The van der Waals surface area contributed by atoms with Crippen LogP contribution < -0.4 is 10.6 Å². The van der Waals surface area contributed by atoms with Gasteiger partial charge in [-0.1, -0.05) is 48.0 Å². The first-order valence-corrected chi connectivity index (χ1v) is 8.65. The van der Waals surface area contributed by atoms with Gasteiger partial charge in [0.25, 0.3) is 5.91 Å². The molecule has 0 spiro atoms. The van der Waals surface area contributed by atoms with E-state index in [-0.39, 0.29) is 5.91 Å². The summed E-state index contributed by atoms with van der Waals surface area (Å²) in [7, 11) is 0. The Labute approximate surface area is 154 Å². The number of carbonyl (C=O) groups excluding carboxylic acids is 1. The SMILES string of the molecule is Cc1ccc(CNC(=O)c2cncc(Nc3c(C)cccc3C)c2)cc1. The fourth-order valence-corrected chi connectivity index (χ4v) is 2.78. The molecule has 0 saturated carbocycles. The van der Waals surface area contributed by atoms with Crippen molar-refractivity contribution in [3.8, 4) is 0 Å². The number of para-hydroxylation sites is 1. The number of carbonyl (C=O) groups is 1. The minimum Gasteiger partial charge on any atom is -0.354 e. The van der Waals surface area contributed by atoms with E-state index in [2.05, 4.69) is 41.6 Å². The Balaban J connectivity index is 1.70. The number of aromatic nitrogens is 1. The van der Waals surface area contributed by atoms with Crippen molar-refractivity contribution in [2.75, 3.05) is 5.32 Å². The Bertz CT molecular complexity index is 897. The van der Waals surface area contributed by atoms with E-state index >= 15 is 0 Å². The van der Waals surface area contributed by atoms with Crippen LogP contribution in [0.2, 0.25) is 0 Å². The fraction of sp³-hybridized carbons (Fsp3) is 0.182. The number of rotatable bonds is 5. The summed E-state index contributed by atoms with van der Waals surface area (Å²) >= 11 is 0. The molecule has 2 N–H and O–H groups in total. The molecular weight excluding hydrogens is 322 g/mol. The lowest BCUT2D eigenvalue weighted by Gasteiger charge is -2.13. The first-order valence-electron chi connectivity index (χ1n) is 8.65. The van der Waals surface area contributed by atoms with Crippen molar-refractivity contribution in [1.29, 1.82) is 0 Å². The molecule has 0 aliphatic carbocycles. The number of nitrogens with zero attached hydrogens (tertiary/aromatic N) is 1. The van der Waals surface area contributed by atoms with Crippen LogP contribution in [0.3, 0.4) is 0 Å². The number of anilines is 2. The summed E-state index contributed by atoms with van der Waals surface area (Å²) in [6, 6.07) is 16.1. The largest absolute Gasteiger partial charge is 0.354 e. The number of nitrogens with one attached hydrogen (secondary N) is 2. The lowest BCUT2D eigenvalue weighted by molar-refractivity contribution is 0.0950. The topological polar surface area (TPSA) is 54.0 Å².